The van der Waals surface area contributed by atoms with Crippen molar-refractivity contribution < 1.29 is 21.5 Å². The van der Waals surface area contributed by atoms with Gasteiger partial charge in [-0.2, -0.15) is 8.42 Å². The van der Waals surface area contributed by atoms with Gasteiger partial charge in [0.1, 0.15) is 5.75 Å². The Balaban J connectivity index is 1.85. The predicted octanol–water partition coefficient (Wildman–Crippen LogP) is 5.90. The smallest absolute Gasteiger partial charge is 0.274 e. The lowest BCUT2D eigenvalue weighted by molar-refractivity contribution is -0.105. The number of hydrogen-bond donors (Lipinski definition) is 0. The molecule has 1 atom stereocenters. The van der Waals surface area contributed by atoms with Gasteiger partial charge in [0, 0.05) is 60.7 Å². The van der Waals surface area contributed by atoms with Crippen LogP contribution in [0.3, 0.4) is 0 Å². The summed E-state index contributed by atoms with van der Waals surface area (Å²) in [6.45, 7) is 0.699. The minimum atomic E-state index is -3.85. The minimum absolute atomic E-state index is 0.263. The maximum absolute atomic E-state index is 12.8. The zero-order valence-electron chi connectivity index (χ0n) is 22.1. The first-order valence-electron chi connectivity index (χ1n) is 12.3. The summed E-state index contributed by atoms with van der Waals surface area (Å²) in [6.07, 6.45) is 3.82. The Kier molecular flexibility index (Phi) is 8.38. The fourth-order valence-corrected chi connectivity index (χ4v) is 9.05. The molecule has 0 saturated carbocycles. The number of rotatable bonds is 9. The van der Waals surface area contributed by atoms with Crippen molar-refractivity contribution in [2.75, 3.05) is 50.9 Å². The largest absolute Gasteiger partial charge is 0.465 e. The van der Waals surface area contributed by atoms with Crippen LogP contribution in [0, 0.1) is 0 Å². The van der Waals surface area contributed by atoms with Crippen LogP contribution in [-0.2, 0) is 18.5 Å². The Bertz CT molecular complexity index is 1220. The lowest BCUT2D eigenvalue weighted by Gasteiger charge is -2.39. The van der Waals surface area contributed by atoms with Gasteiger partial charge in [-0.1, -0.05) is 0 Å². The number of ether oxygens (including phenoxy) is 2. The summed E-state index contributed by atoms with van der Waals surface area (Å²) in [5.41, 5.74) is 2.02. The summed E-state index contributed by atoms with van der Waals surface area (Å²) >= 11 is 0. The van der Waals surface area contributed by atoms with Gasteiger partial charge in [-0.15, -0.1) is 0 Å². The summed E-state index contributed by atoms with van der Waals surface area (Å²) in [5, 5.41) is 0. The molecule has 0 N–H and O–H groups in total. The Hall–Kier alpha value is -2.72. The average Bonchev–Trinajstić information content (AvgIpc) is 2.88. The van der Waals surface area contributed by atoms with Crippen LogP contribution in [0.25, 0.3) is 0 Å². The predicted molar refractivity (Wildman–Crippen MR) is 151 cm³/mol. The quantitative estimate of drug-likeness (QED) is 0.332. The van der Waals surface area contributed by atoms with Gasteiger partial charge in [0.25, 0.3) is 10.1 Å². The molecule has 9 heteroatoms. The summed E-state index contributed by atoms with van der Waals surface area (Å²) < 4.78 is 43.5. The number of hydrogen-bond acceptors (Lipinski definition) is 7. The third-order valence-corrected chi connectivity index (χ3v) is 10.8. The molecule has 1 aliphatic rings. The summed E-state index contributed by atoms with van der Waals surface area (Å²) in [5.74, 6) is 0.675. The van der Waals surface area contributed by atoms with E-state index in [0.29, 0.717) is 12.4 Å². The first-order valence-corrected chi connectivity index (χ1v) is 15.6. The summed E-state index contributed by atoms with van der Waals surface area (Å²) in [7, 11) is 1.39. The Morgan fingerprint density at radius 2 is 1.19 bits per heavy atom. The highest BCUT2D eigenvalue weighted by Gasteiger charge is 2.36. The maximum atomic E-state index is 12.8. The van der Waals surface area contributed by atoms with Crippen molar-refractivity contribution in [3.63, 3.8) is 0 Å². The van der Waals surface area contributed by atoms with Crippen LogP contribution in [0.4, 0.5) is 11.4 Å². The topological polar surface area (TPSA) is 68.3 Å². The third-order valence-electron chi connectivity index (χ3n) is 6.16. The molecular formula is C28H36N2O5S2. The Labute approximate surface area is 222 Å². The van der Waals surface area contributed by atoms with E-state index in [-0.39, 0.29) is 6.29 Å². The third kappa shape index (κ3) is 6.41. The van der Waals surface area contributed by atoms with E-state index in [1.54, 1.807) is 0 Å². The molecule has 1 aliphatic heterocycles. The van der Waals surface area contributed by atoms with Gasteiger partial charge >= 0.3 is 0 Å². The van der Waals surface area contributed by atoms with Crippen LogP contribution in [0.15, 0.2) is 87.5 Å². The molecular weight excluding hydrogens is 508 g/mol. The molecule has 7 nitrogen and oxygen atoms in total. The molecule has 1 fully saturated rings. The molecule has 0 amide bonds. The van der Waals surface area contributed by atoms with Crippen LogP contribution in [-0.4, -0.2) is 55.8 Å². The van der Waals surface area contributed by atoms with Crippen molar-refractivity contribution in [3.05, 3.63) is 72.8 Å². The van der Waals surface area contributed by atoms with Crippen LogP contribution >= 0.6 is 10.3 Å². The van der Waals surface area contributed by atoms with Crippen molar-refractivity contribution in [3.8, 4) is 5.75 Å². The van der Waals surface area contributed by atoms with E-state index in [4.69, 9.17) is 13.1 Å². The van der Waals surface area contributed by atoms with Crippen molar-refractivity contribution in [1.82, 2.24) is 0 Å². The molecule has 3 aromatic carbocycles. The van der Waals surface area contributed by atoms with E-state index in [1.807, 2.05) is 111 Å². The normalized spacial score (nSPS) is 16.7. The molecule has 1 heterocycles. The van der Waals surface area contributed by atoms with Gasteiger partial charge in [-0.25, -0.2) is 3.63 Å². The highest BCUT2D eigenvalue weighted by molar-refractivity contribution is 8.33. The highest BCUT2D eigenvalue weighted by atomic mass is 32.3. The molecule has 200 valence electrons. The SMILES string of the molecule is CN(C)c1ccc(S(OS(C)(=O)=O)(c2ccc(OC3CCCCO3)cc2)c2ccc(N(C)C)cc2)cc1. The molecule has 0 bridgehead atoms. The Morgan fingerprint density at radius 3 is 1.57 bits per heavy atom. The molecule has 0 spiro atoms. The van der Waals surface area contributed by atoms with E-state index >= 15 is 0 Å². The molecule has 3 aromatic rings. The molecule has 0 aliphatic carbocycles. The fourth-order valence-electron chi connectivity index (χ4n) is 4.25. The molecule has 0 radical (unpaired) electrons. The van der Waals surface area contributed by atoms with Gasteiger partial charge in [-0.3, -0.25) is 0 Å². The van der Waals surface area contributed by atoms with E-state index in [9.17, 15) is 8.42 Å². The van der Waals surface area contributed by atoms with Gasteiger partial charge in [0.05, 0.1) is 12.9 Å². The van der Waals surface area contributed by atoms with Crippen molar-refractivity contribution in [2.24, 2.45) is 0 Å². The lowest BCUT2D eigenvalue weighted by atomic mass is 10.2. The van der Waals surface area contributed by atoms with Crippen LogP contribution in [0.1, 0.15) is 19.3 Å². The zero-order valence-corrected chi connectivity index (χ0v) is 23.7. The van der Waals surface area contributed by atoms with E-state index in [1.165, 1.54) is 0 Å². The fraction of sp³-hybridized carbons (Fsp3) is 0.357. The van der Waals surface area contributed by atoms with Crippen molar-refractivity contribution in [1.29, 1.82) is 0 Å². The molecule has 4 rings (SSSR count). The molecule has 0 aromatic heterocycles. The van der Waals surface area contributed by atoms with E-state index < -0.39 is 20.4 Å². The molecule has 1 unspecified atom stereocenters. The first-order chi connectivity index (χ1) is 17.6. The zero-order chi connectivity index (χ0) is 26.6. The van der Waals surface area contributed by atoms with Crippen molar-refractivity contribution >= 4 is 31.8 Å². The average molecular weight is 545 g/mol. The van der Waals surface area contributed by atoms with Gasteiger partial charge in [-0.05, 0) is 95.9 Å². The van der Waals surface area contributed by atoms with Gasteiger partial charge < -0.3 is 19.3 Å². The standard InChI is InChI=1S/C28H36N2O5S2/c1-29(2)22-9-15-25(16-10-22)37(35-36(5,31)32,26-17-11-23(12-18-26)30(3)4)27-19-13-24(14-20-27)34-28-8-6-7-21-33-28/h9-20,28H,6-8,21H2,1-5H3. The van der Waals surface area contributed by atoms with Crippen molar-refractivity contribution in [2.45, 2.75) is 40.2 Å². The van der Waals surface area contributed by atoms with Crippen LogP contribution < -0.4 is 14.5 Å². The highest BCUT2D eigenvalue weighted by Crippen LogP contribution is 2.70. The lowest BCUT2D eigenvalue weighted by Crippen LogP contribution is -2.24. The second kappa shape index (κ2) is 11.3. The summed E-state index contributed by atoms with van der Waals surface area (Å²) in [4.78, 5) is 6.33. The second-order valence-corrected chi connectivity index (χ2v) is 14.0. The monoisotopic (exact) mass is 544 g/mol. The maximum Gasteiger partial charge on any atom is 0.274 e. The number of nitrogens with zero attached hydrogens (tertiary/aromatic N) is 2. The molecule has 37 heavy (non-hydrogen) atoms. The number of benzene rings is 3. The van der Waals surface area contributed by atoms with Gasteiger partial charge in [0.15, 0.2) is 6.29 Å². The molecule has 1 saturated heterocycles. The summed E-state index contributed by atoms with van der Waals surface area (Å²) in [6, 6.07) is 23.3. The van der Waals surface area contributed by atoms with E-state index in [0.717, 1.165) is 51.6 Å². The Morgan fingerprint density at radius 1 is 0.730 bits per heavy atom. The van der Waals surface area contributed by atoms with Crippen LogP contribution in [0.5, 0.6) is 5.75 Å². The minimum Gasteiger partial charge on any atom is -0.465 e. The number of anilines is 2. The van der Waals surface area contributed by atoms with Gasteiger partial charge in [0.2, 0.25) is 0 Å². The second-order valence-electron chi connectivity index (χ2n) is 9.49. The van der Waals surface area contributed by atoms with E-state index in [2.05, 4.69) is 0 Å². The van der Waals surface area contributed by atoms with Crippen LogP contribution in [0.2, 0.25) is 0 Å². The first kappa shape index (κ1) is 27.3.